The van der Waals surface area contributed by atoms with Crippen LogP contribution in [0.25, 0.3) is 0 Å². The summed E-state index contributed by atoms with van der Waals surface area (Å²) in [6, 6.07) is 0. The number of aliphatic carboxylic acids is 1. The van der Waals surface area contributed by atoms with Gasteiger partial charge in [0, 0.05) is 13.2 Å². The number of ether oxygens (including phenoxy) is 1. The van der Waals surface area contributed by atoms with Gasteiger partial charge >= 0.3 is 5.97 Å². The second-order valence-electron chi connectivity index (χ2n) is 6.57. The first-order valence-electron chi connectivity index (χ1n) is 7.04. The topological polar surface area (TPSA) is 58.6 Å². The number of carboxylic acid groups (broad SMARTS) is 1. The molecule has 1 aliphatic heterocycles. The molecule has 18 heavy (non-hydrogen) atoms. The highest BCUT2D eigenvalue weighted by molar-refractivity contribution is 5.79. The van der Waals surface area contributed by atoms with Gasteiger partial charge in [-0.05, 0) is 43.9 Å². The first kappa shape index (κ1) is 13.8. The van der Waals surface area contributed by atoms with E-state index in [4.69, 9.17) is 4.74 Å². The van der Waals surface area contributed by atoms with E-state index in [0.29, 0.717) is 6.54 Å². The summed E-state index contributed by atoms with van der Waals surface area (Å²) in [6.07, 6.45) is 5.74. The highest BCUT2D eigenvalue weighted by Gasteiger charge is 2.44. The first-order valence-corrected chi connectivity index (χ1v) is 7.04. The zero-order valence-electron chi connectivity index (χ0n) is 11.5. The van der Waals surface area contributed by atoms with E-state index in [9.17, 15) is 9.90 Å². The van der Waals surface area contributed by atoms with Crippen molar-refractivity contribution in [1.82, 2.24) is 5.32 Å². The van der Waals surface area contributed by atoms with Crippen LogP contribution in [0.2, 0.25) is 0 Å². The van der Waals surface area contributed by atoms with E-state index in [0.717, 1.165) is 45.1 Å². The maximum Gasteiger partial charge on any atom is 0.323 e. The van der Waals surface area contributed by atoms with Gasteiger partial charge in [0.25, 0.3) is 0 Å². The quantitative estimate of drug-likeness (QED) is 0.808. The summed E-state index contributed by atoms with van der Waals surface area (Å²) in [5.41, 5.74) is -0.439. The van der Waals surface area contributed by atoms with Gasteiger partial charge in [-0.25, -0.2) is 0 Å². The van der Waals surface area contributed by atoms with Crippen molar-refractivity contribution in [2.75, 3.05) is 13.2 Å². The smallest absolute Gasteiger partial charge is 0.323 e. The molecule has 4 nitrogen and oxygen atoms in total. The molecule has 0 radical (unpaired) electrons. The fraction of sp³-hybridized carbons (Fsp3) is 0.929. The van der Waals surface area contributed by atoms with Crippen molar-refractivity contribution in [3.05, 3.63) is 0 Å². The van der Waals surface area contributed by atoms with Crippen molar-refractivity contribution in [3.8, 4) is 0 Å². The Morgan fingerprint density at radius 3 is 2.50 bits per heavy atom. The van der Waals surface area contributed by atoms with Crippen molar-refractivity contribution in [1.29, 1.82) is 0 Å². The van der Waals surface area contributed by atoms with Crippen molar-refractivity contribution >= 4 is 5.97 Å². The van der Waals surface area contributed by atoms with Gasteiger partial charge in [0.2, 0.25) is 0 Å². The molecule has 0 spiro atoms. The van der Waals surface area contributed by atoms with Gasteiger partial charge in [-0.1, -0.05) is 13.8 Å². The van der Waals surface area contributed by atoms with Crippen LogP contribution in [-0.2, 0) is 9.53 Å². The molecule has 0 amide bonds. The van der Waals surface area contributed by atoms with E-state index in [1.807, 2.05) is 0 Å². The molecule has 1 saturated heterocycles. The molecule has 2 rings (SSSR count). The molecule has 4 heteroatoms. The summed E-state index contributed by atoms with van der Waals surface area (Å²) in [7, 11) is 0. The van der Waals surface area contributed by atoms with Crippen LogP contribution < -0.4 is 5.32 Å². The molecule has 2 aliphatic rings. The van der Waals surface area contributed by atoms with Gasteiger partial charge in [0.15, 0.2) is 0 Å². The van der Waals surface area contributed by atoms with Crippen molar-refractivity contribution < 1.29 is 14.6 Å². The number of hydrogen-bond donors (Lipinski definition) is 2. The Bertz CT molecular complexity index is 298. The number of carbonyl (C=O) groups is 1. The third kappa shape index (κ3) is 3.04. The number of carboxylic acids is 1. The lowest BCUT2D eigenvalue weighted by molar-refractivity contribution is -0.147. The van der Waals surface area contributed by atoms with E-state index in [1.54, 1.807) is 0 Å². The van der Waals surface area contributed by atoms with Crippen LogP contribution in [0.5, 0.6) is 0 Å². The van der Waals surface area contributed by atoms with E-state index in [-0.39, 0.29) is 11.5 Å². The second kappa shape index (κ2) is 5.17. The maximum atomic E-state index is 11.6. The summed E-state index contributed by atoms with van der Waals surface area (Å²) in [5, 5.41) is 12.8. The molecule has 0 aromatic carbocycles. The molecule has 0 aromatic rings. The van der Waals surface area contributed by atoms with Gasteiger partial charge in [0.1, 0.15) is 5.54 Å². The Balaban J connectivity index is 1.93. The summed E-state index contributed by atoms with van der Waals surface area (Å²) >= 11 is 0. The molecular weight excluding hydrogens is 230 g/mol. The lowest BCUT2D eigenvalue weighted by Crippen LogP contribution is -2.56. The third-order valence-electron chi connectivity index (χ3n) is 4.56. The fourth-order valence-corrected chi connectivity index (χ4v) is 2.93. The zero-order chi connectivity index (χ0) is 13.2. The normalized spacial score (nSPS) is 30.2. The monoisotopic (exact) mass is 255 g/mol. The standard InChI is InChI=1S/C14H25NO3/c1-13(2)5-7-14(8-6-13,12(16)17)15-10-11-4-3-9-18-11/h11,15H,3-10H2,1-2H3,(H,16,17). The highest BCUT2D eigenvalue weighted by Crippen LogP contribution is 2.40. The zero-order valence-corrected chi connectivity index (χ0v) is 11.5. The predicted molar refractivity (Wildman–Crippen MR) is 69.6 cm³/mol. The van der Waals surface area contributed by atoms with Crippen molar-refractivity contribution in [2.24, 2.45) is 5.41 Å². The molecule has 2 N–H and O–H groups in total. The van der Waals surface area contributed by atoms with Gasteiger partial charge in [-0.15, -0.1) is 0 Å². The Morgan fingerprint density at radius 2 is 2.00 bits per heavy atom. The molecule has 1 aliphatic carbocycles. The first-order chi connectivity index (χ1) is 8.44. The number of hydrogen-bond acceptors (Lipinski definition) is 3. The average Bonchev–Trinajstić information content (AvgIpc) is 2.81. The number of rotatable bonds is 4. The van der Waals surface area contributed by atoms with Crippen LogP contribution in [0.4, 0.5) is 0 Å². The summed E-state index contributed by atoms with van der Waals surface area (Å²) < 4.78 is 5.55. The molecule has 1 heterocycles. The Hall–Kier alpha value is -0.610. The summed E-state index contributed by atoms with van der Waals surface area (Å²) in [6.45, 7) is 5.93. The second-order valence-corrected chi connectivity index (χ2v) is 6.57. The molecule has 1 unspecified atom stereocenters. The molecule has 0 bridgehead atoms. The number of nitrogens with one attached hydrogen (secondary N) is 1. The fourth-order valence-electron chi connectivity index (χ4n) is 2.93. The largest absolute Gasteiger partial charge is 0.480 e. The summed E-state index contributed by atoms with van der Waals surface area (Å²) in [4.78, 5) is 11.6. The summed E-state index contributed by atoms with van der Waals surface area (Å²) in [5.74, 6) is -0.698. The molecule has 1 atom stereocenters. The molecule has 1 saturated carbocycles. The van der Waals surface area contributed by atoms with Gasteiger partial charge in [0.05, 0.1) is 6.10 Å². The van der Waals surface area contributed by atoms with E-state index < -0.39 is 11.5 Å². The van der Waals surface area contributed by atoms with E-state index >= 15 is 0 Å². The van der Waals surface area contributed by atoms with E-state index in [1.165, 1.54) is 0 Å². The average molecular weight is 255 g/mol. The van der Waals surface area contributed by atoms with Crippen LogP contribution in [0.1, 0.15) is 52.4 Å². The van der Waals surface area contributed by atoms with Crippen LogP contribution in [0.15, 0.2) is 0 Å². The minimum absolute atomic E-state index is 0.205. The molecule has 0 aromatic heterocycles. The molecule has 104 valence electrons. The highest BCUT2D eigenvalue weighted by atomic mass is 16.5. The van der Waals surface area contributed by atoms with Gasteiger partial charge in [-0.3, -0.25) is 10.1 Å². The third-order valence-corrected chi connectivity index (χ3v) is 4.56. The maximum absolute atomic E-state index is 11.6. The van der Waals surface area contributed by atoms with E-state index in [2.05, 4.69) is 19.2 Å². The SMILES string of the molecule is CC1(C)CCC(NCC2CCCO2)(C(=O)O)CC1. The van der Waals surface area contributed by atoms with Crippen molar-refractivity contribution in [3.63, 3.8) is 0 Å². The van der Waals surface area contributed by atoms with Crippen LogP contribution >= 0.6 is 0 Å². The van der Waals surface area contributed by atoms with Crippen LogP contribution in [0, 0.1) is 5.41 Å². The Morgan fingerprint density at radius 1 is 1.33 bits per heavy atom. The predicted octanol–water partition coefficient (Wildman–Crippen LogP) is 2.18. The Labute approximate surface area is 109 Å². The molecule has 2 fully saturated rings. The van der Waals surface area contributed by atoms with Crippen molar-refractivity contribution in [2.45, 2.75) is 64.0 Å². The van der Waals surface area contributed by atoms with Crippen LogP contribution in [0.3, 0.4) is 0 Å². The molecular formula is C14H25NO3. The van der Waals surface area contributed by atoms with Crippen LogP contribution in [-0.4, -0.2) is 35.9 Å². The minimum atomic E-state index is -0.721. The lowest BCUT2D eigenvalue weighted by atomic mass is 9.69. The lowest BCUT2D eigenvalue weighted by Gasteiger charge is -2.41. The van der Waals surface area contributed by atoms with Gasteiger partial charge in [-0.2, -0.15) is 0 Å². The Kier molecular flexibility index (Phi) is 3.97. The van der Waals surface area contributed by atoms with Gasteiger partial charge < -0.3 is 9.84 Å². The minimum Gasteiger partial charge on any atom is -0.480 e.